The van der Waals surface area contributed by atoms with E-state index in [-0.39, 0.29) is 24.0 Å². The molecule has 0 radical (unpaired) electrons. The third kappa shape index (κ3) is 4.38. The molecule has 0 bridgehead atoms. The Labute approximate surface area is 157 Å². The zero-order chi connectivity index (χ0) is 19.2. The Morgan fingerprint density at radius 2 is 2.07 bits per heavy atom. The Hall–Kier alpha value is -3.48. The van der Waals surface area contributed by atoms with Crippen molar-refractivity contribution in [2.24, 2.45) is 7.05 Å². The van der Waals surface area contributed by atoms with Crippen LogP contribution in [0.4, 0.5) is 0 Å². The van der Waals surface area contributed by atoms with Gasteiger partial charge in [-0.2, -0.15) is 0 Å². The minimum absolute atomic E-state index is 0.0150. The van der Waals surface area contributed by atoms with Gasteiger partial charge in [-0.3, -0.25) is 4.79 Å². The average Bonchev–Trinajstić information content (AvgIpc) is 3.11. The largest absolute Gasteiger partial charge is 0.504 e. The van der Waals surface area contributed by atoms with E-state index in [4.69, 9.17) is 9.47 Å². The van der Waals surface area contributed by atoms with Gasteiger partial charge in [0.1, 0.15) is 17.6 Å². The minimum atomic E-state index is -0.472. The number of carbonyl (C=O) groups is 1. The molecule has 2 aromatic carbocycles. The van der Waals surface area contributed by atoms with Gasteiger partial charge in [0.2, 0.25) is 0 Å². The van der Waals surface area contributed by atoms with Gasteiger partial charge in [-0.15, -0.1) is 0 Å². The molecule has 7 heteroatoms. The summed E-state index contributed by atoms with van der Waals surface area (Å²) in [4.78, 5) is 16.8. The number of ether oxygens (including phenoxy) is 2. The van der Waals surface area contributed by atoms with Crippen LogP contribution in [-0.2, 0) is 11.8 Å². The quantitative estimate of drug-likeness (QED) is 0.670. The van der Waals surface area contributed by atoms with E-state index in [1.807, 2.05) is 42.1 Å². The molecule has 27 heavy (non-hydrogen) atoms. The number of carbonyl (C=O) groups excluding carboxylic acids is 1. The summed E-state index contributed by atoms with van der Waals surface area (Å²) in [6.45, 7) is -0.234. The number of amides is 1. The molecule has 3 rings (SSSR count). The lowest BCUT2D eigenvalue weighted by Gasteiger charge is -2.20. The highest BCUT2D eigenvalue weighted by Gasteiger charge is 2.21. The summed E-state index contributed by atoms with van der Waals surface area (Å²) >= 11 is 0. The van der Waals surface area contributed by atoms with Crippen LogP contribution in [0.3, 0.4) is 0 Å². The highest BCUT2D eigenvalue weighted by molar-refractivity contribution is 5.78. The SMILES string of the molecule is COc1cccc(C(NC(=O)COc2ccccc2O)c2nccn2C)c1. The Morgan fingerprint density at radius 3 is 2.78 bits per heavy atom. The van der Waals surface area contributed by atoms with Crippen LogP contribution >= 0.6 is 0 Å². The fraction of sp³-hybridized carbons (Fsp3) is 0.200. The smallest absolute Gasteiger partial charge is 0.258 e. The first kappa shape index (κ1) is 18.3. The second-order valence-corrected chi connectivity index (χ2v) is 5.93. The molecule has 3 aromatic rings. The van der Waals surface area contributed by atoms with Gasteiger partial charge < -0.3 is 24.5 Å². The van der Waals surface area contributed by atoms with Gasteiger partial charge in [0.05, 0.1) is 7.11 Å². The number of hydrogen-bond acceptors (Lipinski definition) is 5. The first-order valence-corrected chi connectivity index (χ1v) is 8.40. The number of phenolic OH excluding ortho intramolecular Hbond substituents is 1. The number of aromatic nitrogens is 2. The van der Waals surface area contributed by atoms with E-state index in [2.05, 4.69) is 10.3 Å². The first-order valence-electron chi connectivity index (χ1n) is 8.40. The summed E-state index contributed by atoms with van der Waals surface area (Å²) in [5.74, 6) is 1.26. The lowest BCUT2D eigenvalue weighted by Crippen LogP contribution is -2.34. The number of rotatable bonds is 7. The molecule has 0 saturated carbocycles. The number of para-hydroxylation sites is 2. The van der Waals surface area contributed by atoms with Gasteiger partial charge in [0, 0.05) is 19.4 Å². The molecule has 1 unspecified atom stereocenters. The summed E-state index contributed by atoms with van der Waals surface area (Å²) < 4.78 is 12.5. The summed E-state index contributed by atoms with van der Waals surface area (Å²) in [5, 5.41) is 12.7. The van der Waals surface area contributed by atoms with Gasteiger partial charge >= 0.3 is 0 Å². The average molecular weight is 367 g/mol. The van der Waals surface area contributed by atoms with Crippen LogP contribution in [0.1, 0.15) is 17.4 Å². The van der Waals surface area contributed by atoms with Crippen molar-refractivity contribution in [3.8, 4) is 17.2 Å². The first-order chi connectivity index (χ1) is 13.1. The molecule has 0 spiro atoms. The van der Waals surface area contributed by atoms with Crippen LogP contribution in [0.2, 0.25) is 0 Å². The highest BCUT2D eigenvalue weighted by atomic mass is 16.5. The molecule has 1 amide bonds. The number of hydrogen-bond donors (Lipinski definition) is 2. The molecule has 0 fully saturated rings. The van der Waals surface area contributed by atoms with Crippen molar-refractivity contribution < 1.29 is 19.4 Å². The Bertz CT molecular complexity index is 923. The second kappa shape index (κ2) is 8.27. The molecule has 2 N–H and O–H groups in total. The van der Waals surface area contributed by atoms with Crippen molar-refractivity contribution in [3.63, 3.8) is 0 Å². The standard InChI is InChI=1S/C20H21N3O4/c1-23-11-10-21-20(23)19(14-6-5-7-15(12-14)26-2)22-18(25)13-27-17-9-4-3-8-16(17)24/h3-12,19,24H,13H2,1-2H3,(H,22,25). The summed E-state index contributed by atoms with van der Waals surface area (Å²) in [6, 6.07) is 13.5. The van der Waals surface area contributed by atoms with Gasteiger partial charge in [-0.25, -0.2) is 4.98 Å². The van der Waals surface area contributed by atoms with Gasteiger partial charge in [0.25, 0.3) is 5.91 Å². The zero-order valence-corrected chi connectivity index (χ0v) is 15.1. The molecule has 1 aromatic heterocycles. The number of phenols is 1. The van der Waals surface area contributed by atoms with Crippen LogP contribution in [0.5, 0.6) is 17.2 Å². The molecule has 1 atom stereocenters. The predicted molar refractivity (Wildman–Crippen MR) is 99.8 cm³/mol. The summed E-state index contributed by atoms with van der Waals surface area (Å²) in [5.41, 5.74) is 0.833. The van der Waals surface area contributed by atoms with E-state index in [9.17, 15) is 9.90 Å². The Morgan fingerprint density at radius 1 is 1.26 bits per heavy atom. The Balaban J connectivity index is 1.78. The molecule has 0 aliphatic heterocycles. The van der Waals surface area contributed by atoms with Crippen LogP contribution in [0.15, 0.2) is 60.9 Å². The molecular weight excluding hydrogens is 346 g/mol. The van der Waals surface area contributed by atoms with Gasteiger partial charge in [0.15, 0.2) is 18.1 Å². The van der Waals surface area contributed by atoms with E-state index >= 15 is 0 Å². The van der Waals surface area contributed by atoms with Crippen molar-refractivity contribution >= 4 is 5.91 Å². The molecule has 1 heterocycles. The zero-order valence-electron chi connectivity index (χ0n) is 15.1. The Kier molecular flexibility index (Phi) is 5.61. The van der Waals surface area contributed by atoms with E-state index in [0.717, 1.165) is 5.56 Å². The third-order valence-corrected chi connectivity index (χ3v) is 4.07. The fourth-order valence-corrected chi connectivity index (χ4v) is 2.70. The lowest BCUT2D eigenvalue weighted by atomic mass is 10.1. The third-order valence-electron chi connectivity index (χ3n) is 4.07. The van der Waals surface area contributed by atoms with Crippen molar-refractivity contribution in [1.29, 1.82) is 0 Å². The molecule has 0 aliphatic rings. The van der Waals surface area contributed by atoms with E-state index < -0.39 is 6.04 Å². The maximum Gasteiger partial charge on any atom is 0.258 e. The monoisotopic (exact) mass is 367 g/mol. The van der Waals surface area contributed by atoms with Crippen LogP contribution in [-0.4, -0.2) is 34.3 Å². The molecule has 140 valence electrons. The van der Waals surface area contributed by atoms with Crippen LogP contribution < -0.4 is 14.8 Å². The van der Waals surface area contributed by atoms with E-state index in [1.165, 1.54) is 6.07 Å². The molecule has 0 aliphatic carbocycles. The lowest BCUT2D eigenvalue weighted by molar-refractivity contribution is -0.123. The normalized spacial score (nSPS) is 11.6. The number of methoxy groups -OCH3 is 1. The number of imidazole rings is 1. The van der Waals surface area contributed by atoms with Gasteiger partial charge in [-0.1, -0.05) is 24.3 Å². The topological polar surface area (TPSA) is 85.6 Å². The number of aryl methyl sites for hydroxylation is 1. The minimum Gasteiger partial charge on any atom is -0.504 e. The second-order valence-electron chi connectivity index (χ2n) is 5.93. The number of aromatic hydroxyl groups is 1. The van der Waals surface area contributed by atoms with E-state index in [0.29, 0.717) is 11.6 Å². The van der Waals surface area contributed by atoms with E-state index in [1.54, 1.807) is 31.5 Å². The van der Waals surface area contributed by atoms with Crippen molar-refractivity contribution in [2.45, 2.75) is 6.04 Å². The molecule has 0 saturated heterocycles. The maximum absolute atomic E-state index is 12.5. The fourth-order valence-electron chi connectivity index (χ4n) is 2.70. The number of benzene rings is 2. The van der Waals surface area contributed by atoms with Gasteiger partial charge in [-0.05, 0) is 29.8 Å². The maximum atomic E-state index is 12.5. The number of nitrogens with one attached hydrogen (secondary N) is 1. The molecular formula is C20H21N3O4. The van der Waals surface area contributed by atoms with Crippen molar-refractivity contribution in [1.82, 2.24) is 14.9 Å². The van der Waals surface area contributed by atoms with Crippen molar-refractivity contribution in [2.75, 3.05) is 13.7 Å². The van der Waals surface area contributed by atoms with Crippen LogP contribution in [0.25, 0.3) is 0 Å². The molecule has 7 nitrogen and oxygen atoms in total. The summed E-state index contributed by atoms with van der Waals surface area (Å²) in [6.07, 6.45) is 3.49. The highest BCUT2D eigenvalue weighted by Crippen LogP contribution is 2.25. The van der Waals surface area contributed by atoms with Crippen LogP contribution in [0, 0.1) is 0 Å². The summed E-state index contributed by atoms with van der Waals surface area (Å²) in [7, 11) is 3.45. The van der Waals surface area contributed by atoms with Crippen molar-refractivity contribution in [3.05, 3.63) is 72.3 Å². The predicted octanol–water partition coefficient (Wildman–Crippen LogP) is 2.42. The number of nitrogens with zero attached hydrogens (tertiary/aromatic N) is 2.